The van der Waals surface area contributed by atoms with Crippen molar-refractivity contribution < 1.29 is 4.79 Å². The van der Waals surface area contributed by atoms with Gasteiger partial charge in [0.1, 0.15) is 0 Å². The van der Waals surface area contributed by atoms with Gasteiger partial charge >= 0.3 is 0 Å². The number of amides is 1. The number of nitrogens with one attached hydrogen (secondary N) is 1. The zero-order chi connectivity index (χ0) is 13.4. The van der Waals surface area contributed by atoms with Gasteiger partial charge in [-0.25, -0.2) is 0 Å². The van der Waals surface area contributed by atoms with Gasteiger partial charge in [-0.15, -0.1) is 0 Å². The number of primary amides is 1. The van der Waals surface area contributed by atoms with E-state index in [1.165, 1.54) is 32.5 Å². The summed E-state index contributed by atoms with van der Waals surface area (Å²) in [5, 5.41) is 3.64. The monoisotopic (exact) mass is 259 g/mol. The number of nitrogens with zero attached hydrogens (tertiary/aromatic N) is 1. The fourth-order valence-corrected chi connectivity index (χ4v) is 3.40. The van der Waals surface area contributed by atoms with Crippen molar-refractivity contribution in [1.82, 2.24) is 4.90 Å². The van der Waals surface area contributed by atoms with Gasteiger partial charge in [-0.3, -0.25) is 4.79 Å². The number of carbonyl (C=O) groups excluding carboxylic acids is 1. The number of piperidine rings is 1. The first-order chi connectivity index (χ1) is 9.15. The maximum Gasteiger partial charge on any atom is 0.249 e. The van der Waals surface area contributed by atoms with Crippen molar-refractivity contribution >= 4 is 11.6 Å². The van der Waals surface area contributed by atoms with Crippen LogP contribution < -0.4 is 11.1 Å². The Bertz CT molecular complexity index is 500. The van der Waals surface area contributed by atoms with Crippen LogP contribution in [-0.4, -0.2) is 36.5 Å². The lowest BCUT2D eigenvalue weighted by Crippen LogP contribution is -2.39. The van der Waals surface area contributed by atoms with Gasteiger partial charge in [0.05, 0.1) is 0 Å². The molecule has 2 aliphatic heterocycles. The van der Waals surface area contributed by atoms with E-state index in [1.54, 1.807) is 6.07 Å². The molecule has 3 N–H and O–H groups in total. The third-order valence-electron chi connectivity index (χ3n) is 4.57. The van der Waals surface area contributed by atoms with Crippen LogP contribution in [0.25, 0.3) is 0 Å². The quantitative estimate of drug-likeness (QED) is 0.867. The lowest BCUT2D eigenvalue weighted by molar-refractivity contribution is 0.1000. The SMILES string of the molecule is Cc1c(NC2CCN3CCC2C3)cccc1C(N)=O. The highest BCUT2D eigenvalue weighted by atomic mass is 16.1. The zero-order valence-corrected chi connectivity index (χ0v) is 11.4. The van der Waals surface area contributed by atoms with Gasteiger partial charge < -0.3 is 16.0 Å². The molecule has 3 atom stereocenters. The minimum atomic E-state index is -0.350. The van der Waals surface area contributed by atoms with E-state index in [2.05, 4.69) is 10.2 Å². The summed E-state index contributed by atoms with van der Waals surface area (Å²) in [7, 11) is 0. The first kappa shape index (κ1) is 12.5. The normalized spacial score (nSPS) is 29.2. The Hall–Kier alpha value is -1.55. The first-order valence-corrected chi connectivity index (χ1v) is 7.03. The Morgan fingerprint density at radius 1 is 1.37 bits per heavy atom. The Kier molecular flexibility index (Phi) is 3.19. The molecule has 3 rings (SSSR count). The van der Waals surface area contributed by atoms with Crippen LogP contribution in [0.2, 0.25) is 0 Å². The van der Waals surface area contributed by atoms with Crippen LogP contribution in [0.5, 0.6) is 0 Å². The molecule has 2 saturated heterocycles. The molecule has 0 spiro atoms. The smallest absolute Gasteiger partial charge is 0.249 e. The molecule has 4 heteroatoms. The number of hydrogen-bond donors (Lipinski definition) is 2. The lowest BCUT2D eigenvalue weighted by Gasteiger charge is -2.32. The van der Waals surface area contributed by atoms with Crippen molar-refractivity contribution in [1.29, 1.82) is 0 Å². The van der Waals surface area contributed by atoms with Gasteiger partial charge in [0.25, 0.3) is 0 Å². The van der Waals surface area contributed by atoms with Crippen molar-refractivity contribution in [2.75, 3.05) is 25.0 Å². The molecular weight excluding hydrogens is 238 g/mol. The fraction of sp³-hybridized carbons (Fsp3) is 0.533. The Morgan fingerprint density at radius 3 is 2.95 bits per heavy atom. The number of fused-ring (bicyclic) bond motifs is 2. The second-order valence-electron chi connectivity index (χ2n) is 5.73. The lowest BCUT2D eigenvalue weighted by atomic mass is 9.93. The molecule has 4 nitrogen and oxygen atoms in total. The number of hydrogen-bond acceptors (Lipinski definition) is 3. The van der Waals surface area contributed by atoms with E-state index in [0.717, 1.165) is 17.2 Å². The molecule has 2 heterocycles. The van der Waals surface area contributed by atoms with E-state index in [4.69, 9.17) is 5.73 Å². The van der Waals surface area contributed by atoms with Crippen molar-refractivity contribution in [2.24, 2.45) is 11.7 Å². The first-order valence-electron chi connectivity index (χ1n) is 7.03. The standard InChI is InChI=1S/C15H21N3O/c1-10-12(15(16)19)3-2-4-13(10)17-14-6-8-18-7-5-11(14)9-18/h2-4,11,14,17H,5-9H2,1H3,(H2,16,19). The minimum Gasteiger partial charge on any atom is -0.382 e. The highest BCUT2D eigenvalue weighted by Crippen LogP contribution is 2.30. The maximum atomic E-state index is 11.4. The van der Waals surface area contributed by atoms with Crippen LogP contribution in [0.4, 0.5) is 5.69 Å². The van der Waals surface area contributed by atoms with E-state index in [-0.39, 0.29) is 5.91 Å². The Balaban J connectivity index is 1.79. The average molecular weight is 259 g/mol. The summed E-state index contributed by atoms with van der Waals surface area (Å²) < 4.78 is 0. The summed E-state index contributed by atoms with van der Waals surface area (Å²) in [6.45, 7) is 5.60. The van der Waals surface area contributed by atoms with Crippen LogP contribution in [0, 0.1) is 12.8 Å². The largest absolute Gasteiger partial charge is 0.382 e. The van der Waals surface area contributed by atoms with E-state index in [9.17, 15) is 4.79 Å². The summed E-state index contributed by atoms with van der Waals surface area (Å²) >= 11 is 0. The van der Waals surface area contributed by atoms with E-state index in [0.29, 0.717) is 11.6 Å². The van der Waals surface area contributed by atoms with Crippen molar-refractivity contribution in [3.05, 3.63) is 29.3 Å². The predicted octanol–water partition coefficient (Wildman–Crippen LogP) is 1.60. The predicted molar refractivity (Wildman–Crippen MR) is 76.3 cm³/mol. The zero-order valence-electron chi connectivity index (χ0n) is 11.4. The molecule has 1 aromatic carbocycles. The second kappa shape index (κ2) is 4.85. The third-order valence-corrected chi connectivity index (χ3v) is 4.57. The van der Waals surface area contributed by atoms with Gasteiger partial charge in [0.15, 0.2) is 0 Å². The molecule has 0 aliphatic carbocycles. The Labute approximate surface area is 114 Å². The van der Waals surface area contributed by atoms with Crippen LogP contribution in [-0.2, 0) is 0 Å². The second-order valence-corrected chi connectivity index (χ2v) is 5.73. The minimum absolute atomic E-state index is 0.350. The summed E-state index contributed by atoms with van der Waals surface area (Å²) in [4.78, 5) is 13.9. The number of nitrogens with two attached hydrogens (primary N) is 1. The highest BCUT2D eigenvalue weighted by Gasteiger charge is 2.34. The van der Waals surface area contributed by atoms with Crippen molar-refractivity contribution in [3.8, 4) is 0 Å². The topological polar surface area (TPSA) is 58.4 Å². The van der Waals surface area contributed by atoms with Crippen molar-refractivity contribution in [3.63, 3.8) is 0 Å². The molecule has 2 fully saturated rings. The maximum absolute atomic E-state index is 11.4. The summed E-state index contributed by atoms with van der Waals surface area (Å²) in [6, 6.07) is 6.27. The highest BCUT2D eigenvalue weighted by molar-refractivity contribution is 5.95. The molecule has 1 amide bonds. The number of anilines is 1. The Morgan fingerprint density at radius 2 is 2.16 bits per heavy atom. The molecule has 19 heavy (non-hydrogen) atoms. The van der Waals surface area contributed by atoms with E-state index < -0.39 is 0 Å². The van der Waals surface area contributed by atoms with Crippen LogP contribution in [0.1, 0.15) is 28.8 Å². The molecule has 102 valence electrons. The number of carbonyl (C=O) groups is 1. The van der Waals surface area contributed by atoms with E-state index >= 15 is 0 Å². The van der Waals surface area contributed by atoms with Crippen LogP contribution in [0.15, 0.2) is 18.2 Å². The summed E-state index contributed by atoms with van der Waals surface area (Å²) in [5.74, 6) is 0.391. The fourth-order valence-electron chi connectivity index (χ4n) is 3.40. The third kappa shape index (κ3) is 2.32. The van der Waals surface area contributed by atoms with Gasteiger partial charge in [0.2, 0.25) is 5.91 Å². The molecule has 2 aliphatic rings. The molecular formula is C15H21N3O. The van der Waals surface area contributed by atoms with Crippen LogP contribution >= 0.6 is 0 Å². The van der Waals surface area contributed by atoms with Crippen LogP contribution in [0.3, 0.4) is 0 Å². The van der Waals surface area contributed by atoms with E-state index in [1.807, 2.05) is 19.1 Å². The average Bonchev–Trinajstić information content (AvgIpc) is 2.77. The summed E-state index contributed by atoms with van der Waals surface area (Å²) in [5.41, 5.74) is 8.05. The van der Waals surface area contributed by atoms with Gasteiger partial charge in [-0.05, 0) is 49.9 Å². The molecule has 2 bridgehead atoms. The van der Waals surface area contributed by atoms with Gasteiger partial charge in [-0.2, -0.15) is 0 Å². The number of rotatable bonds is 3. The van der Waals surface area contributed by atoms with Crippen molar-refractivity contribution in [2.45, 2.75) is 25.8 Å². The molecule has 3 unspecified atom stereocenters. The van der Waals surface area contributed by atoms with Gasteiger partial charge in [0, 0.05) is 30.4 Å². The summed E-state index contributed by atoms with van der Waals surface area (Å²) in [6.07, 6.45) is 2.47. The number of benzene rings is 1. The van der Waals surface area contributed by atoms with Gasteiger partial charge in [-0.1, -0.05) is 6.07 Å². The molecule has 0 saturated carbocycles. The molecule has 1 aromatic rings. The molecule has 0 aromatic heterocycles. The molecule has 0 radical (unpaired) electrons.